The largest absolute Gasteiger partial charge is 0.497 e. The molecule has 0 spiro atoms. The van der Waals surface area contributed by atoms with Crippen molar-refractivity contribution in [3.8, 4) is 11.5 Å². The average molecular weight is 419 g/mol. The fraction of sp³-hybridized carbons (Fsp3) is 0.364. The summed E-state index contributed by atoms with van der Waals surface area (Å²) in [6.07, 6.45) is 0.489. The van der Waals surface area contributed by atoms with Crippen molar-refractivity contribution in [3.63, 3.8) is 0 Å². The van der Waals surface area contributed by atoms with Crippen LogP contribution in [0.15, 0.2) is 48.5 Å². The van der Waals surface area contributed by atoms with Gasteiger partial charge in [-0.2, -0.15) is 0 Å². The van der Waals surface area contributed by atoms with Gasteiger partial charge >= 0.3 is 0 Å². The average Bonchev–Trinajstić information content (AvgIpc) is 2.73. The van der Waals surface area contributed by atoms with Crippen LogP contribution in [0.5, 0.6) is 11.5 Å². The fourth-order valence-electron chi connectivity index (χ4n) is 2.94. The van der Waals surface area contributed by atoms with Crippen LogP contribution in [0.1, 0.15) is 25.8 Å². The number of hydrogen-bond donors (Lipinski definition) is 1. The van der Waals surface area contributed by atoms with Crippen LogP contribution in [0.3, 0.4) is 0 Å². The van der Waals surface area contributed by atoms with E-state index in [1.807, 2.05) is 38.1 Å². The molecule has 0 aromatic heterocycles. The van der Waals surface area contributed by atoms with E-state index in [9.17, 15) is 9.59 Å². The maximum absolute atomic E-state index is 13.0. The number of benzene rings is 2. The number of carbonyl (C=O) groups excluding carboxylic acids is 2. The van der Waals surface area contributed by atoms with Crippen molar-refractivity contribution in [1.29, 1.82) is 0 Å². The summed E-state index contributed by atoms with van der Waals surface area (Å²) in [6.45, 7) is 4.32. The van der Waals surface area contributed by atoms with Gasteiger partial charge in [-0.15, -0.1) is 0 Å². The number of carbonyl (C=O) groups is 2. The lowest BCUT2D eigenvalue weighted by atomic mass is 10.1. The molecule has 0 saturated heterocycles. The topological polar surface area (TPSA) is 67.9 Å². The van der Waals surface area contributed by atoms with E-state index >= 15 is 0 Å². The molecule has 0 radical (unpaired) electrons. The van der Waals surface area contributed by atoms with Crippen LogP contribution in [0.4, 0.5) is 0 Å². The number of rotatable bonds is 10. The van der Waals surface area contributed by atoms with E-state index in [1.54, 1.807) is 36.3 Å². The van der Waals surface area contributed by atoms with E-state index < -0.39 is 6.04 Å². The Morgan fingerprint density at radius 1 is 1.10 bits per heavy atom. The van der Waals surface area contributed by atoms with E-state index in [1.165, 1.54) is 0 Å². The summed E-state index contributed by atoms with van der Waals surface area (Å²) >= 11 is 5.88. The zero-order valence-electron chi connectivity index (χ0n) is 17.0. The van der Waals surface area contributed by atoms with Gasteiger partial charge in [0.2, 0.25) is 5.91 Å². The van der Waals surface area contributed by atoms with E-state index in [-0.39, 0.29) is 25.0 Å². The summed E-state index contributed by atoms with van der Waals surface area (Å²) in [5, 5.41) is 3.40. The molecule has 0 bridgehead atoms. The maximum Gasteiger partial charge on any atom is 0.261 e. The normalized spacial score (nSPS) is 11.4. The third-order valence-corrected chi connectivity index (χ3v) is 4.65. The van der Waals surface area contributed by atoms with Crippen LogP contribution in [0, 0.1) is 0 Å². The van der Waals surface area contributed by atoms with Gasteiger partial charge in [0, 0.05) is 18.1 Å². The minimum absolute atomic E-state index is 0.179. The van der Waals surface area contributed by atoms with Crippen molar-refractivity contribution >= 4 is 23.4 Å². The van der Waals surface area contributed by atoms with Gasteiger partial charge in [0.25, 0.3) is 5.91 Å². The molecule has 0 aliphatic heterocycles. The fourth-order valence-corrected chi connectivity index (χ4v) is 3.06. The maximum atomic E-state index is 13.0. The lowest BCUT2D eigenvalue weighted by molar-refractivity contribution is -0.142. The van der Waals surface area contributed by atoms with Gasteiger partial charge in [0.15, 0.2) is 6.61 Å². The molecule has 2 aromatic carbocycles. The van der Waals surface area contributed by atoms with Gasteiger partial charge in [-0.05, 0) is 55.3 Å². The molecule has 0 aliphatic carbocycles. The lowest BCUT2D eigenvalue weighted by Crippen LogP contribution is -2.50. The lowest BCUT2D eigenvalue weighted by Gasteiger charge is -2.30. The van der Waals surface area contributed by atoms with Gasteiger partial charge in [-0.1, -0.05) is 30.7 Å². The van der Waals surface area contributed by atoms with Crippen molar-refractivity contribution in [2.75, 3.05) is 20.3 Å². The van der Waals surface area contributed by atoms with Gasteiger partial charge in [-0.3, -0.25) is 9.59 Å². The second-order valence-corrected chi connectivity index (χ2v) is 6.87. The molecule has 1 atom stereocenters. The number of halogens is 1. The first-order chi connectivity index (χ1) is 14.0. The number of likely N-dealkylation sites (N-methyl/N-ethyl adjacent to an activating group) is 1. The molecule has 7 heteroatoms. The molecule has 0 saturated carbocycles. The van der Waals surface area contributed by atoms with Crippen molar-refractivity contribution < 1.29 is 19.1 Å². The van der Waals surface area contributed by atoms with E-state index in [2.05, 4.69) is 5.32 Å². The second-order valence-electron chi connectivity index (χ2n) is 6.43. The van der Waals surface area contributed by atoms with Crippen molar-refractivity contribution in [3.05, 3.63) is 59.1 Å². The zero-order chi connectivity index (χ0) is 21.2. The summed E-state index contributed by atoms with van der Waals surface area (Å²) in [5.74, 6) is 0.770. The van der Waals surface area contributed by atoms with Crippen molar-refractivity contribution in [2.45, 2.75) is 32.9 Å². The van der Waals surface area contributed by atoms with Gasteiger partial charge in [0.1, 0.15) is 17.5 Å². The number of hydrogen-bond acceptors (Lipinski definition) is 4. The first-order valence-electron chi connectivity index (χ1n) is 9.56. The molecule has 0 fully saturated rings. The number of nitrogens with zero attached hydrogens (tertiary/aromatic N) is 1. The highest BCUT2D eigenvalue weighted by Crippen LogP contribution is 2.19. The number of nitrogens with one attached hydrogen (secondary N) is 1. The van der Waals surface area contributed by atoms with E-state index in [0.717, 1.165) is 5.56 Å². The quantitative estimate of drug-likeness (QED) is 0.639. The summed E-state index contributed by atoms with van der Waals surface area (Å²) in [4.78, 5) is 27.1. The molecule has 156 valence electrons. The minimum Gasteiger partial charge on any atom is -0.497 e. The third kappa shape index (κ3) is 6.68. The molecule has 6 nitrogen and oxygen atoms in total. The molecular weight excluding hydrogens is 392 g/mol. The smallest absolute Gasteiger partial charge is 0.261 e. The zero-order valence-corrected chi connectivity index (χ0v) is 17.7. The monoisotopic (exact) mass is 418 g/mol. The molecule has 2 aromatic rings. The molecule has 2 amide bonds. The summed E-state index contributed by atoms with van der Waals surface area (Å²) in [7, 11) is 1.59. The number of amides is 2. The molecule has 1 unspecified atom stereocenters. The Morgan fingerprint density at radius 2 is 1.83 bits per heavy atom. The first kappa shape index (κ1) is 22.6. The van der Waals surface area contributed by atoms with Gasteiger partial charge in [0.05, 0.1) is 7.11 Å². The minimum atomic E-state index is -0.595. The second kappa shape index (κ2) is 11.3. The van der Waals surface area contributed by atoms with Crippen LogP contribution in [0.2, 0.25) is 5.02 Å². The van der Waals surface area contributed by atoms with Crippen LogP contribution in [0.25, 0.3) is 0 Å². The first-order valence-corrected chi connectivity index (χ1v) is 9.94. The van der Waals surface area contributed by atoms with Crippen molar-refractivity contribution in [2.24, 2.45) is 0 Å². The Hall–Kier alpha value is -2.73. The van der Waals surface area contributed by atoms with Crippen LogP contribution >= 0.6 is 11.6 Å². The third-order valence-electron chi connectivity index (χ3n) is 4.40. The van der Waals surface area contributed by atoms with Crippen LogP contribution in [-0.2, 0) is 16.1 Å². The molecule has 0 heterocycles. The summed E-state index contributed by atoms with van der Waals surface area (Å²) in [5.41, 5.74) is 0.868. The SMILES string of the molecule is CCNC(=O)C(CC)N(Cc1cccc(OC)c1)C(=O)COc1ccc(Cl)cc1. The molecule has 0 aliphatic rings. The number of methoxy groups -OCH3 is 1. The molecule has 1 N–H and O–H groups in total. The Bertz CT molecular complexity index is 811. The summed E-state index contributed by atoms with van der Waals surface area (Å²) < 4.78 is 10.9. The van der Waals surface area contributed by atoms with Crippen LogP contribution in [-0.4, -0.2) is 43.0 Å². The molecule has 29 heavy (non-hydrogen) atoms. The van der Waals surface area contributed by atoms with E-state index in [4.69, 9.17) is 21.1 Å². The Labute approximate surface area is 176 Å². The highest BCUT2D eigenvalue weighted by molar-refractivity contribution is 6.30. The Kier molecular flexibility index (Phi) is 8.80. The number of ether oxygens (including phenoxy) is 2. The standard InChI is InChI=1S/C22H27ClN2O4/c1-4-20(22(27)24-5-2)25(14-16-7-6-8-19(13-16)28-3)21(26)15-29-18-11-9-17(23)10-12-18/h6-13,20H,4-5,14-15H2,1-3H3,(H,24,27). The Balaban J connectivity index is 2.20. The predicted molar refractivity (Wildman–Crippen MR) is 113 cm³/mol. The van der Waals surface area contributed by atoms with Gasteiger partial charge < -0.3 is 19.7 Å². The van der Waals surface area contributed by atoms with Gasteiger partial charge in [-0.25, -0.2) is 0 Å². The van der Waals surface area contributed by atoms with Crippen molar-refractivity contribution in [1.82, 2.24) is 10.2 Å². The predicted octanol–water partition coefficient (Wildman–Crippen LogP) is 3.67. The van der Waals surface area contributed by atoms with Crippen LogP contribution < -0.4 is 14.8 Å². The molecular formula is C22H27ClN2O4. The Morgan fingerprint density at radius 3 is 2.45 bits per heavy atom. The van der Waals surface area contributed by atoms with E-state index in [0.29, 0.717) is 29.5 Å². The summed E-state index contributed by atoms with van der Waals surface area (Å²) in [6, 6.07) is 13.6. The highest BCUT2D eigenvalue weighted by atomic mass is 35.5. The molecule has 2 rings (SSSR count). The highest BCUT2D eigenvalue weighted by Gasteiger charge is 2.28.